The Morgan fingerprint density at radius 3 is 2.60 bits per heavy atom. The van der Waals surface area contributed by atoms with Crippen molar-refractivity contribution in [3.05, 3.63) is 76.5 Å². The molecule has 154 valence electrons. The normalized spacial score (nSPS) is 12.3. The first kappa shape index (κ1) is 19.8. The predicted octanol–water partition coefficient (Wildman–Crippen LogP) is 3.63. The van der Waals surface area contributed by atoms with E-state index in [1.807, 2.05) is 80.5 Å². The molecule has 0 aliphatic carbocycles. The molecule has 1 amide bonds. The summed E-state index contributed by atoms with van der Waals surface area (Å²) in [6.45, 7) is 8.48. The number of rotatable bonds is 5. The second-order valence-corrected chi connectivity index (χ2v) is 7.77. The number of fused-ring (bicyclic) bond motifs is 1. The Morgan fingerprint density at radius 2 is 1.93 bits per heavy atom. The molecule has 0 unspecified atom stereocenters. The number of nitrogens with zero attached hydrogens (tertiary/aromatic N) is 5. The molecule has 1 aromatic carbocycles. The highest BCUT2D eigenvalue weighted by atomic mass is 16.1. The molecule has 0 radical (unpaired) electrons. The zero-order chi connectivity index (χ0) is 21.4. The first-order valence-corrected chi connectivity index (χ1v) is 10.0. The van der Waals surface area contributed by atoms with Crippen LogP contribution in [0.25, 0.3) is 10.9 Å². The van der Waals surface area contributed by atoms with Crippen molar-refractivity contribution in [3.8, 4) is 0 Å². The van der Waals surface area contributed by atoms with E-state index in [1.54, 1.807) is 6.20 Å². The SMILES string of the molecule is Cc1cc(C)n(Cc2cc(C(=O)N[C@H](C)c3cnn(C)c3C)c3ccccc3n2)n1. The largest absolute Gasteiger partial charge is 0.345 e. The number of hydrogen-bond acceptors (Lipinski definition) is 4. The van der Waals surface area contributed by atoms with Gasteiger partial charge in [0.05, 0.1) is 41.3 Å². The molecule has 0 saturated carbocycles. The second-order valence-electron chi connectivity index (χ2n) is 7.77. The van der Waals surface area contributed by atoms with E-state index >= 15 is 0 Å². The van der Waals surface area contributed by atoms with Crippen molar-refractivity contribution >= 4 is 16.8 Å². The summed E-state index contributed by atoms with van der Waals surface area (Å²) in [5, 5.41) is 12.8. The molecule has 3 heterocycles. The lowest BCUT2D eigenvalue weighted by atomic mass is 10.0. The summed E-state index contributed by atoms with van der Waals surface area (Å²) in [6.07, 6.45) is 1.80. The quantitative estimate of drug-likeness (QED) is 0.553. The minimum Gasteiger partial charge on any atom is -0.345 e. The molecule has 4 aromatic rings. The summed E-state index contributed by atoms with van der Waals surface area (Å²) in [7, 11) is 1.90. The van der Waals surface area contributed by atoms with Gasteiger partial charge in [-0.3, -0.25) is 19.1 Å². The van der Waals surface area contributed by atoms with Crippen LogP contribution in [0.3, 0.4) is 0 Å². The van der Waals surface area contributed by atoms with Crippen LogP contribution < -0.4 is 5.32 Å². The molecule has 0 saturated heterocycles. The molecule has 0 aliphatic heterocycles. The Balaban J connectivity index is 1.69. The van der Waals surface area contributed by atoms with Crippen LogP contribution in [0.2, 0.25) is 0 Å². The number of aryl methyl sites for hydroxylation is 3. The van der Waals surface area contributed by atoms with E-state index in [2.05, 4.69) is 15.5 Å². The smallest absolute Gasteiger partial charge is 0.252 e. The maximum absolute atomic E-state index is 13.2. The van der Waals surface area contributed by atoms with E-state index < -0.39 is 0 Å². The zero-order valence-corrected chi connectivity index (χ0v) is 18.0. The van der Waals surface area contributed by atoms with Gasteiger partial charge in [-0.15, -0.1) is 0 Å². The molecule has 0 bridgehead atoms. The highest BCUT2D eigenvalue weighted by molar-refractivity contribution is 6.06. The van der Waals surface area contributed by atoms with Gasteiger partial charge in [0.15, 0.2) is 0 Å². The van der Waals surface area contributed by atoms with Crippen molar-refractivity contribution in [2.24, 2.45) is 7.05 Å². The van der Waals surface area contributed by atoms with Crippen molar-refractivity contribution in [2.45, 2.75) is 40.3 Å². The highest BCUT2D eigenvalue weighted by Gasteiger charge is 2.19. The Hall–Kier alpha value is -3.48. The van der Waals surface area contributed by atoms with Gasteiger partial charge >= 0.3 is 0 Å². The summed E-state index contributed by atoms with van der Waals surface area (Å²) in [5.74, 6) is -0.126. The van der Waals surface area contributed by atoms with Crippen LogP contribution >= 0.6 is 0 Å². The summed E-state index contributed by atoms with van der Waals surface area (Å²) in [4.78, 5) is 18.0. The minimum atomic E-state index is -0.155. The summed E-state index contributed by atoms with van der Waals surface area (Å²) < 4.78 is 3.72. The van der Waals surface area contributed by atoms with E-state index in [0.29, 0.717) is 12.1 Å². The monoisotopic (exact) mass is 402 g/mol. The van der Waals surface area contributed by atoms with Gasteiger partial charge < -0.3 is 5.32 Å². The maximum atomic E-state index is 13.2. The molecule has 30 heavy (non-hydrogen) atoms. The topological polar surface area (TPSA) is 77.6 Å². The second kappa shape index (κ2) is 7.74. The molecule has 0 fully saturated rings. The van der Waals surface area contributed by atoms with Gasteiger partial charge in [0, 0.05) is 29.4 Å². The number of amides is 1. The third kappa shape index (κ3) is 3.70. The van der Waals surface area contributed by atoms with E-state index in [1.165, 1.54) is 0 Å². The van der Waals surface area contributed by atoms with E-state index in [-0.39, 0.29) is 11.9 Å². The fraction of sp³-hybridized carbons (Fsp3) is 0.304. The van der Waals surface area contributed by atoms with Crippen LogP contribution in [0.1, 0.15) is 51.7 Å². The van der Waals surface area contributed by atoms with Crippen LogP contribution in [0.5, 0.6) is 0 Å². The van der Waals surface area contributed by atoms with Gasteiger partial charge in [0.25, 0.3) is 5.91 Å². The fourth-order valence-corrected chi connectivity index (χ4v) is 3.78. The Kier molecular flexibility index (Phi) is 5.11. The molecule has 0 spiro atoms. The van der Waals surface area contributed by atoms with Crippen LogP contribution in [0.15, 0.2) is 42.6 Å². The van der Waals surface area contributed by atoms with Crippen LogP contribution in [0.4, 0.5) is 0 Å². The van der Waals surface area contributed by atoms with Crippen molar-refractivity contribution in [3.63, 3.8) is 0 Å². The van der Waals surface area contributed by atoms with Crippen molar-refractivity contribution in [1.29, 1.82) is 0 Å². The average molecular weight is 403 g/mol. The molecule has 3 aromatic heterocycles. The summed E-state index contributed by atoms with van der Waals surface area (Å²) >= 11 is 0. The molecular weight excluding hydrogens is 376 g/mol. The summed E-state index contributed by atoms with van der Waals surface area (Å²) in [6, 6.07) is 11.5. The Morgan fingerprint density at radius 1 is 1.17 bits per heavy atom. The van der Waals surface area contributed by atoms with Gasteiger partial charge in [-0.1, -0.05) is 18.2 Å². The lowest BCUT2D eigenvalue weighted by Crippen LogP contribution is -2.27. The Bertz CT molecular complexity index is 1240. The van der Waals surface area contributed by atoms with Gasteiger partial charge in [-0.2, -0.15) is 10.2 Å². The van der Waals surface area contributed by atoms with Gasteiger partial charge in [0.2, 0.25) is 0 Å². The van der Waals surface area contributed by atoms with Crippen LogP contribution in [-0.4, -0.2) is 30.5 Å². The molecule has 4 rings (SSSR count). The molecular formula is C23H26N6O. The van der Waals surface area contributed by atoms with Crippen molar-refractivity contribution in [2.75, 3.05) is 0 Å². The lowest BCUT2D eigenvalue weighted by molar-refractivity contribution is 0.0941. The standard InChI is InChI=1S/C23H26N6O/c1-14-10-15(2)29(27-14)13-18-11-20(19-8-6-7-9-22(19)26-18)23(30)25-16(3)21-12-24-28(5)17(21)4/h6-12,16H,13H2,1-5H3,(H,25,30)/t16-/m1/s1. The average Bonchev–Trinajstić information content (AvgIpc) is 3.21. The molecule has 1 N–H and O–H groups in total. The number of para-hydroxylation sites is 1. The third-order valence-electron chi connectivity index (χ3n) is 5.52. The number of carbonyl (C=O) groups excluding carboxylic acids is 1. The van der Waals surface area contributed by atoms with E-state index in [4.69, 9.17) is 4.98 Å². The minimum absolute atomic E-state index is 0.126. The molecule has 0 aliphatic rings. The summed E-state index contributed by atoms with van der Waals surface area (Å²) in [5.41, 5.74) is 6.29. The van der Waals surface area contributed by atoms with E-state index in [0.717, 1.165) is 39.2 Å². The number of pyridine rings is 1. The van der Waals surface area contributed by atoms with Gasteiger partial charge in [-0.25, -0.2) is 0 Å². The molecule has 7 heteroatoms. The zero-order valence-electron chi connectivity index (χ0n) is 18.0. The van der Waals surface area contributed by atoms with Gasteiger partial charge in [0.1, 0.15) is 0 Å². The lowest BCUT2D eigenvalue weighted by Gasteiger charge is -2.16. The van der Waals surface area contributed by atoms with E-state index in [9.17, 15) is 4.79 Å². The number of carbonyl (C=O) groups is 1. The number of aromatic nitrogens is 5. The Labute approximate surface area is 175 Å². The fourth-order valence-electron chi connectivity index (χ4n) is 3.78. The first-order chi connectivity index (χ1) is 14.3. The van der Waals surface area contributed by atoms with Crippen molar-refractivity contribution in [1.82, 2.24) is 29.9 Å². The molecule has 7 nitrogen and oxygen atoms in total. The number of nitrogens with one attached hydrogen (secondary N) is 1. The van der Waals surface area contributed by atoms with Gasteiger partial charge in [-0.05, 0) is 45.9 Å². The third-order valence-corrected chi connectivity index (χ3v) is 5.52. The number of benzene rings is 1. The molecule has 1 atom stereocenters. The van der Waals surface area contributed by atoms with Crippen LogP contribution in [-0.2, 0) is 13.6 Å². The maximum Gasteiger partial charge on any atom is 0.252 e. The predicted molar refractivity (Wildman–Crippen MR) is 116 cm³/mol. The van der Waals surface area contributed by atoms with Crippen molar-refractivity contribution < 1.29 is 4.79 Å². The highest BCUT2D eigenvalue weighted by Crippen LogP contribution is 2.22. The number of hydrogen-bond donors (Lipinski definition) is 1. The first-order valence-electron chi connectivity index (χ1n) is 10.0. The van der Waals surface area contributed by atoms with Crippen LogP contribution in [0, 0.1) is 20.8 Å².